The van der Waals surface area contributed by atoms with E-state index >= 15 is 0 Å². The summed E-state index contributed by atoms with van der Waals surface area (Å²) in [6.45, 7) is 3.33. The van der Waals surface area contributed by atoms with Gasteiger partial charge in [-0.3, -0.25) is 9.59 Å². The standard InChI is InChI=1S/C10H20N2O4/c1-10(2,16)6-12(3)9(15)7(11)4-5-8(13)14/h7,16H,4-6,11H2,1-3H3,(H,13,14). The average molecular weight is 232 g/mol. The van der Waals surface area contributed by atoms with Crippen LogP contribution >= 0.6 is 0 Å². The van der Waals surface area contributed by atoms with Gasteiger partial charge in [-0.25, -0.2) is 0 Å². The van der Waals surface area contributed by atoms with Crippen molar-refractivity contribution in [1.29, 1.82) is 0 Å². The fourth-order valence-corrected chi connectivity index (χ4v) is 1.34. The molecule has 0 fully saturated rings. The Bertz CT molecular complexity index is 260. The van der Waals surface area contributed by atoms with Crippen LogP contribution in [0, 0.1) is 0 Å². The molecular weight excluding hydrogens is 212 g/mol. The van der Waals surface area contributed by atoms with Gasteiger partial charge in [0.05, 0.1) is 11.6 Å². The summed E-state index contributed by atoms with van der Waals surface area (Å²) in [5, 5.41) is 18.0. The third-order valence-electron chi connectivity index (χ3n) is 1.99. The number of nitrogens with zero attached hydrogens (tertiary/aromatic N) is 1. The fourth-order valence-electron chi connectivity index (χ4n) is 1.34. The average Bonchev–Trinajstić information content (AvgIpc) is 2.10. The number of hydrogen-bond donors (Lipinski definition) is 3. The van der Waals surface area contributed by atoms with Gasteiger partial charge < -0.3 is 20.8 Å². The molecule has 6 nitrogen and oxygen atoms in total. The van der Waals surface area contributed by atoms with E-state index in [0.29, 0.717) is 0 Å². The minimum Gasteiger partial charge on any atom is -0.481 e. The summed E-state index contributed by atoms with van der Waals surface area (Å²) in [7, 11) is 1.53. The first-order valence-electron chi connectivity index (χ1n) is 5.08. The maximum atomic E-state index is 11.6. The fraction of sp³-hybridized carbons (Fsp3) is 0.800. The highest BCUT2D eigenvalue weighted by Gasteiger charge is 2.23. The summed E-state index contributed by atoms with van der Waals surface area (Å²) in [6.07, 6.45) is -0.0341. The maximum absolute atomic E-state index is 11.6. The lowest BCUT2D eigenvalue weighted by Gasteiger charge is -2.27. The van der Waals surface area contributed by atoms with E-state index < -0.39 is 17.6 Å². The first-order valence-corrected chi connectivity index (χ1v) is 5.08. The second-order valence-corrected chi connectivity index (χ2v) is 4.55. The van der Waals surface area contributed by atoms with Crippen LogP contribution in [-0.2, 0) is 9.59 Å². The minimum atomic E-state index is -0.989. The third kappa shape index (κ3) is 6.36. The zero-order valence-electron chi connectivity index (χ0n) is 9.93. The summed E-state index contributed by atoms with van der Waals surface area (Å²) >= 11 is 0. The summed E-state index contributed by atoms with van der Waals surface area (Å²) in [5.41, 5.74) is 4.56. The lowest BCUT2D eigenvalue weighted by atomic mass is 10.1. The van der Waals surface area contributed by atoms with Gasteiger partial charge in [0.25, 0.3) is 0 Å². The number of amides is 1. The van der Waals surface area contributed by atoms with E-state index in [1.54, 1.807) is 13.8 Å². The Kier molecular flexibility index (Phi) is 5.40. The molecule has 6 heteroatoms. The first-order chi connectivity index (χ1) is 7.13. The lowest BCUT2D eigenvalue weighted by molar-refractivity contribution is -0.138. The molecule has 0 bridgehead atoms. The van der Waals surface area contributed by atoms with Crippen LogP contribution in [0.2, 0.25) is 0 Å². The van der Waals surface area contributed by atoms with E-state index in [2.05, 4.69) is 0 Å². The summed E-state index contributed by atoms with van der Waals surface area (Å²) < 4.78 is 0. The van der Waals surface area contributed by atoms with Gasteiger partial charge in [0, 0.05) is 20.0 Å². The van der Waals surface area contributed by atoms with Gasteiger partial charge in [-0.15, -0.1) is 0 Å². The van der Waals surface area contributed by atoms with Gasteiger partial charge in [-0.05, 0) is 20.3 Å². The number of aliphatic carboxylic acids is 1. The lowest BCUT2D eigenvalue weighted by Crippen LogP contribution is -2.47. The molecular formula is C10H20N2O4. The van der Waals surface area contributed by atoms with Gasteiger partial charge in [0.1, 0.15) is 0 Å². The normalized spacial score (nSPS) is 13.3. The second kappa shape index (κ2) is 5.81. The number of nitrogens with two attached hydrogens (primary N) is 1. The summed E-state index contributed by atoms with van der Waals surface area (Å²) in [5.74, 6) is -1.34. The van der Waals surface area contributed by atoms with Crippen LogP contribution in [0.15, 0.2) is 0 Å². The SMILES string of the molecule is CN(CC(C)(C)O)C(=O)C(N)CCC(=O)O. The van der Waals surface area contributed by atoms with Crippen LogP contribution in [0.4, 0.5) is 0 Å². The van der Waals surface area contributed by atoms with Crippen LogP contribution in [0.5, 0.6) is 0 Å². The van der Waals surface area contributed by atoms with Gasteiger partial charge in [0.2, 0.25) is 5.91 Å². The molecule has 0 aliphatic heterocycles. The quantitative estimate of drug-likeness (QED) is 0.567. The van der Waals surface area contributed by atoms with Crippen LogP contribution in [-0.4, -0.2) is 52.2 Å². The zero-order chi connectivity index (χ0) is 12.9. The molecule has 0 aromatic heterocycles. The number of aliphatic hydroxyl groups is 1. The number of carboxylic acids is 1. The molecule has 0 saturated carbocycles. The van der Waals surface area contributed by atoms with Crippen molar-refractivity contribution in [2.75, 3.05) is 13.6 Å². The van der Waals surface area contributed by atoms with Crippen LogP contribution in [0.25, 0.3) is 0 Å². The number of carbonyl (C=O) groups is 2. The van der Waals surface area contributed by atoms with E-state index in [1.165, 1.54) is 11.9 Å². The Labute approximate surface area is 95.0 Å². The molecule has 0 aliphatic carbocycles. The van der Waals surface area contributed by atoms with Crippen LogP contribution in [0.1, 0.15) is 26.7 Å². The molecule has 16 heavy (non-hydrogen) atoms. The molecule has 0 aromatic rings. The summed E-state index contributed by atoms with van der Waals surface area (Å²) in [4.78, 5) is 23.2. The van der Waals surface area contributed by atoms with Crippen molar-refractivity contribution in [3.8, 4) is 0 Å². The van der Waals surface area contributed by atoms with Crippen molar-refractivity contribution in [1.82, 2.24) is 4.90 Å². The predicted molar refractivity (Wildman–Crippen MR) is 58.8 cm³/mol. The summed E-state index contributed by atoms with van der Waals surface area (Å²) in [6, 6.07) is -0.830. The van der Waals surface area contributed by atoms with Crippen molar-refractivity contribution in [3.63, 3.8) is 0 Å². The van der Waals surface area contributed by atoms with Crippen molar-refractivity contribution < 1.29 is 19.8 Å². The molecule has 0 heterocycles. The highest BCUT2D eigenvalue weighted by molar-refractivity contribution is 5.82. The second-order valence-electron chi connectivity index (χ2n) is 4.55. The molecule has 0 aromatic carbocycles. The molecule has 0 aliphatic rings. The molecule has 4 N–H and O–H groups in total. The number of carboxylic acid groups (broad SMARTS) is 1. The van der Waals surface area contributed by atoms with Gasteiger partial charge in [0.15, 0.2) is 0 Å². The molecule has 0 rings (SSSR count). The van der Waals surface area contributed by atoms with E-state index in [-0.39, 0.29) is 25.3 Å². The van der Waals surface area contributed by atoms with Crippen molar-refractivity contribution in [2.24, 2.45) is 5.73 Å². The maximum Gasteiger partial charge on any atom is 0.303 e. The number of carbonyl (C=O) groups excluding carboxylic acids is 1. The third-order valence-corrected chi connectivity index (χ3v) is 1.99. The molecule has 0 radical (unpaired) electrons. The smallest absolute Gasteiger partial charge is 0.303 e. The largest absolute Gasteiger partial charge is 0.481 e. The number of hydrogen-bond acceptors (Lipinski definition) is 4. The van der Waals surface area contributed by atoms with Crippen LogP contribution < -0.4 is 5.73 Å². The predicted octanol–water partition coefficient (Wildman–Crippen LogP) is -0.592. The Morgan fingerprint density at radius 2 is 1.94 bits per heavy atom. The van der Waals surface area contributed by atoms with E-state index in [1.807, 2.05) is 0 Å². The van der Waals surface area contributed by atoms with E-state index in [4.69, 9.17) is 10.8 Å². The molecule has 1 amide bonds. The van der Waals surface area contributed by atoms with Gasteiger partial charge in [-0.2, -0.15) is 0 Å². The first kappa shape index (κ1) is 14.9. The Morgan fingerprint density at radius 3 is 2.31 bits per heavy atom. The van der Waals surface area contributed by atoms with Gasteiger partial charge in [-0.1, -0.05) is 0 Å². The molecule has 0 saturated heterocycles. The number of rotatable bonds is 6. The molecule has 94 valence electrons. The van der Waals surface area contributed by atoms with Crippen molar-refractivity contribution in [2.45, 2.75) is 38.3 Å². The number of likely N-dealkylation sites (N-methyl/N-ethyl adjacent to an activating group) is 1. The van der Waals surface area contributed by atoms with Gasteiger partial charge >= 0.3 is 5.97 Å². The van der Waals surface area contributed by atoms with Crippen molar-refractivity contribution in [3.05, 3.63) is 0 Å². The van der Waals surface area contributed by atoms with E-state index in [0.717, 1.165) is 0 Å². The molecule has 1 atom stereocenters. The Morgan fingerprint density at radius 1 is 1.44 bits per heavy atom. The van der Waals surface area contributed by atoms with Crippen molar-refractivity contribution >= 4 is 11.9 Å². The van der Waals surface area contributed by atoms with E-state index in [9.17, 15) is 14.7 Å². The molecule has 0 spiro atoms. The van der Waals surface area contributed by atoms with Crippen LogP contribution in [0.3, 0.4) is 0 Å². The minimum absolute atomic E-state index is 0.102. The zero-order valence-corrected chi connectivity index (χ0v) is 9.93. The highest BCUT2D eigenvalue weighted by atomic mass is 16.4. The Hall–Kier alpha value is -1.14. The Balaban J connectivity index is 4.17. The molecule has 1 unspecified atom stereocenters. The highest BCUT2D eigenvalue weighted by Crippen LogP contribution is 2.06. The monoisotopic (exact) mass is 232 g/mol. The topological polar surface area (TPSA) is 104 Å².